The minimum Gasteiger partial charge on any atom is -0.493 e. The Bertz CT molecular complexity index is 1030. The molecule has 0 saturated heterocycles. The highest BCUT2D eigenvalue weighted by Crippen LogP contribution is 2.40. The first-order chi connectivity index (χ1) is 13.7. The second-order valence-electron chi connectivity index (χ2n) is 6.10. The molecule has 29 heavy (non-hydrogen) atoms. The van der Waals surface area contributed by atoms with Crippen molar-refractivity contribution < 1.29 is 33.7 Å². The van der Waals surface area contributed by atoms with Crippen molar-refractivity contribution in [3.8, 4) is 11.5 Å². The van der Waals surface area contributed by atoms with Crippen LogP contribution in [0.4, 0.5) is 5.13 Å². The van der Waals surface area contributed by atoms with Gasteiger partial charge in [-0.3, -0.25) is 14.7 Å². The third kappa shape index (κ3) is 5.75. The number of carbonyl (C=O) groups excluding carboxylic acids is 1. The van der Waals surface area contributed by atoms with Crippen LogP contribution < -0.4 is 14.8 Å². The number of aliphatic hydroxyl groups is 1. The second-order valence-corrected chi connectivity index (χ2v) is 8.82. The number of ether oxygens (including phenoxy) is 2. The molecule has 4 N–H and O–H groups in total. The first-order valence-corrected chi connectivity index (χ1v) is 11.1. The highest BCUT2D eigenvalue weighted by atomic mass is 32.1. The molecular weight excluding hydrogens is 419 g/mol. The maximum atomic E-state index is 12.2. The summed E-state index contributed by atoms with van der Waals surface area (Å²) in [5.74, 6) is 0.0656. The van der Waals surface area contributed by atoms with E-state index in [9.17, 15) is 14.5 Å². The lowest BCUT2D eigenvalue weighted by Crippen LogP contribution is -2.20. The summed E-state index contributed by atoms with van der Waals surface area (Å²) in [6.45, 7) is -0.295. The summed E-state index contributed by atoms with van der Waals surface area (Å²) in [5, 5.41) is 13.1. The van der Waals surface area contributed by atoms with E-state index >= 15 is 0 Å². The molecule has 0 fully saturated rings. The number of hydrogen-bond acceptors (Lipinski definition) is 7. The molecule has 3 aromatic rings. The van der Waals surface area contributed by atoms with Gasteiger partial charge in [0, 0.05) is 0 Å². The van der Waals surface area contributed by atoms with Crippen LogP contribution in [0.15, 0.2) is 42.5 Å². The number of aromatic nitrogens is 1. The number of nitrogens with zero attached hydrogens (tertiary/aromatic N) is 1. The highest BCUT2D eigenvalue weighted by Gasteiger charge is 2.22. The van der Waals surface area contributed by atoms with E-state index in [1.165, 1.54) is 36.6 Å². The van der Waals surface area contributed by atoms with Crippen molar-refractivity contribution in [2.45, 2.75) is 6.10 Å². The Balaban J connectivity index is 1.63. The van der Waals surface area contributed by atoms with Crippen LogP contribution >= 0.6 is 18.9 Å². The number of carbonyl (C=O) groups is 1. The van der Waals surface area contributed by atoms with Crippen LogP contribution in [0.3, 0.4) is 0 Å². The van der Waals surface area contributed by atoms with Gasteiger partial charge in [0.25, 0.3) is 5.91 Å². The Morgan fingerprint density at radius 1 is 1.24 bits per heavy atom. The average Bonchev–Trinajstić information content (AvgIpc) is 3.07. The van der Waals surface area contributed by atoms with E-state index in [1.807, 2.05) is 24.3 Å². The van der Waals surface area contributed by atoms with E-state index in [0.717, 1.165) is 10.2 Å². The van der Waals surface area contributed by atoms with E-state index in [0.29, 0.717) is 5.13 Å². The summed E-state index contributed by atoms with van der Waals surface area (Å²) >= 11 is 1.35. The van der Waals surface area contributed by atoms with Crippen LogP contribution in [0.1, 0.15) is 11.7 Å². The Kier molecular flexibility index (Phi) is 6.51. The number of para-hydroxylation sites is 1. The Hall–Kier alpha value is -2.49. The van der Waals surface area contributed by atoms with Gasteiger partial charge >= 0.3 is 7.60 Å². The number of nitrogens with one attached hydrogen (secondary N) is 1. The Morgan fingerprint density at radius 3 is 2.69 bits per heavy atom. The van der Waals surface area contributed by atoms with E-state index in [1.54, 1.807) is 0 Å². The van der Waals surface area contributed by atoms with E-state index in [2.05, 4.69) is 10.3 Å². The summed E-state index contributed by atoms with van der Waals surface area (Å²) in [5.41, 5.74) is 1.05. The van der Waals surface area contributed by atoms with E-state index < -0.39 is 25.8 Å². The predicted octanol–water partition coefficient (Wildman–Crippen LogP) is 2.53. The smallest absolute Gasteiger partial charge is 0.328 e. The molecule has 1 aromatic heterocycles. The van der Waals surface area contributed by atoms with Gasteiger partial charge in [0.2, 0.25) is 0 Å². The summed E-state index contributed by atoms with van der Waals surface area (Å²) in [6.07, 6.45) is -2.07. The lowest BCUT2D eigenvalue weighted by molar-refractivity contribution is -0.118. The molecule has 11 heteroatoms. The maximum Gasteiger partial charge on any atom is 0.328 e. The normalized spacial score (nSPS) is 12.6. The first kappa shape index (κ1) is 21.2. The minimum absolute atomic E-state index is 0.222. The topological polar surface area (TPSA) is 138 Å². The van der Waals surface area contributed by atoms with Gasteiger partial charge in [-0.2, -0.15) is 0 Å². The minimum atomic E-state index is -4.37. The second kappa shape index (κ2) is 8.89. The number of benzene rings is 2. The van der Waals surface area contributed by atoms with E-state index in [4.69, 9.17) is 19.3 Å². The summed E-state index contributed by atoms with van der Waals surface area (Å²) in [4.78, 5) is 34.5. The maximum absolute atomic E-state index is 12.2. The number of amides is 1. The van der Waals surface area contributed by atoms with Crippen LogP contribution in [0.25, 0.3) is 10.2 Å². The van der Waals surface area contributed by atoms with Crippen molar-refractivity contribution in [2.75, 3.05) is 25.2 Å². The van der Waals surface area contributed by atoms with Crippen LogP contribution in [0.2, 0.25) is 0 Å². The summed E-state index contributed by atoms with van der Waals surface area (Å²) < 4.78 is 22.7. The lowest BCUT2D eigenvalue weighted by atomic mass is 10.1. The molecule has 9 nitrogen and oxygen atoms in total. The van der Waals surface area contributed by atoms with Crippen molar-refractivity contribution in [1.29, 1.82) is 0 Å². The Labute approximate surface area is 170 Å². The molecule has 0 aliphatic rings. The monoisotopic (exact) mass is 438 g/mol. The van der Waals surface area contributed by atoms with Gasteiger partial charge in [-0.05, 0) is 29.8 Å². The van der Waals surface area contributed by atoms with Crippen LogP contribution in [-0.2, 0) is 9.36 Å². The molecule has 0 aliphatic carbocycles. The number of rotatable bonds is 8. The Morgan fingerprint density at radius 2 is 2.00 bits per heavy atom. The number of fused-ring (bicyclic) bond motifs is 1. The molecule has 2 aromatic carbocycles. The van der Waals surface area contributed by atoms with Gasteiger partial charge in [-0.25, -0.2) is 4.98 Å². The molecular formula is C18H19N2O7PS. The first-order valence-electron chi connectivity index (χ1n) is 8.44. The van der Waals surface area contributed by atoms with Gasteiger partial charge in [0.15, 0.2) is 23.2 Å². The van der Waals surface area contributed by atoms with Gasteiger partial charge < -0.3 is 24.4 Å². The van der Waals surface area contributed by atoms with Gasteiger partial charge in [-0.1, -0.05) is 29.5 Å². The molecule has 0 saturated carbocycles. The average molecular weight is 438 g/mol. The SMILES string of the molecule is COc1cc(C(O)CP(=O)(O)O)ccc1OCC(=O)Nc1nc2ccccc2s1. The lowest BCUT2D eigenvalue weighted by Gasteiger charge is -2.15. The zero-order chi connectivity index (χ0) is 21.0. The van der Waals surface area contributed by atoms with Crippen molar-refractivity contribution in [1.82, 2.24) is 4.98 Å². The van der Waals surface area contributed by atoms with Crippen molar-refractivity contribution in [3.63, 3.8) is 0 Å². The summed E-state index contributed by atoms with van der Waals surface area (Å²) in [6, 6.07) is 11.8. The number of hydrogen-bond donors (Lipinski definition) is 4. The fourth-order valence-corrected chi connectivity index (χ4v) is 4.11. The molecule has 0 aliphatic heterocycles. The molecule has 1 unspecified atom stereocenters. The summed E-state index contributed by atoms with van der Waals surface area (Å²) in [7, 11) is -3.00. The zero-order valence-electron chi connectivity index (χ0n) is 15.3. The number of methoxy groups -OCH3 is 1. The van der Waals surface area contributed by atoms with Crippen LogP contribution in [0.5, 0.6) is 11.5 Å². The van der Waals surface area contributed by atoms with Crippen molar-refractivity contribution in [2.24, 2.45) is 0 Å². The van der Waals surface area contributed by atoms with Crippen LogP contribution in [-0.4, -0.2) is 45.7 Å². The van der Waals surface area contributed by atoms with Gasteiger partial charge in [-0.15, -0.1) is 0 Å². The quantitative estimate of drug-likeness (QED) is 0.394. The molecule has 1 heterocycles. The number of anilines is 1. The fraction of sp³-hybridized carbons (Fsp3) is 0.222. The molecule has 1 amide bonds. The predicted molar refractivity (Wildman–Crippen MR) is 109 cm³/mol. The van der Waals surface area contributed by atoms with Crippen LogP contribution in [0, 0.1) is 0 Å². The molecule has 1 atom stereocenters. The molecule has 0 radical (unpaired) electrons. The molecule has 3 rings (SSSR count). The highest BCUT2D eigenvalue weighted by molar-refractivity contribution is 7.51. The van der Waals surface area contributed by atoms with Gasteiger partial charge in [0.1, 0.15) is 0 Å². The third-order valence-electron chi connectivity index (χ3n) is 3.88. The van der Waals surface area contributed by atoms with E-state index in [-0.39, 0.29) is 23.7 Å². The van der Waals surface area contributed by atoms with Crippen molar-refractivity contribution in [3.05, 3.63) is 48.0 Å². The van der Waals surface area contributed by atoms with Gasteiger partial charge in [0.05, 0.1) is 29.6 Å². The fourth-order valence-electron chi connectivity index (χ4n) is 2.57. The number of aliphatic hydroxyl groups excluding tert-OH is 1. The molecule has 154 valence electrons. The standard InChI is InChI=1S/C18H19N2O7PS/c1-26-15-8-11(13(21)10-28(23,24)25)6-7-14(15)27-9-17(22)20-18-19-12-4-2-3-5-16(12)29-18/h2-8,13,21H,9-10H2,1H3,(H,19,20,22)(H2,23,24,25). The third-order valence-corrected chi connectivity index (χ3v) is 5.66. The largest absolute Gasteiger partial charge is 0.493 e. The number of thiazole rings is 1. The molecule has 0 spiro atoms. The zero-order valence-corrected chi connectivity index (χ0v) is 17.0. The molecule has 0 bridgehead atoms. The van der Waals surface area contributed by atoms with Crippen molar-refractivity contribution >= 4 is 40.2 Å².